The Balaban J connectivity index is 2.28. The lowest BCUT2D eigenvalue weighted by molar-refractivity contribution is 0.118. The second-order valence-corrected chi connectivity index (χ2v) is 3.59. The molecule has 0 spiro atoms. The van der Waals surface area contributed by atoms with Crippen LogP contribution in [0.4, 0.5) is 4.39 Å². The van der Waals surface area contributed by atoms with Crippen LogP contribution in [0.1, 0.15) is 17.5 Å². The number of hydrogen-bond acceptors (Lipinski definition) is 2. The molecule has 3 heteroatoms. The predicted octanol–water partition coefficient (Wildman–Crippen LogP) is 2.26. The number of benzene rings is 1. The Morgan fingerprint density at radius 1 is 1.40 bits per heavy atom. The Kier molecular flexibility index (Phi) is 5.29. The zero-order valence-corrected chi connectivity index (χ0v) is 9.35. The van der Waals surface area contributed by atoms with Crippen molar-refractivity contribution < 1.29 is 9.13 Å². The summed E-state index contributed by atoms with van der Waals surface area (Å²) in [7, 11) is 1.92. The van der Waals surface area contributed by atoms with Gasteiger partial charge >= 0.3 is 0 Å². The van der Waals surface area contributed by atoms with Crippen LogP contribution in [0.15, 0.2) is 18.2 Å². The van der Waals surface area contributed by atoms with E-state index in [1.54, 1.807) is 13.0 Å². The van der Waals surface area contributed by atoms with Crippen LogP contribution in [0.5, 0.6) is 0 Å². The molecule has 0 aliphatic heterocycles. The van der Waals surface area contributed by atoms with Crippen LogP contribution in [-0.4, -0.2) is 20.2 Å². The fraction of sp³-hybridized carbons (Fsp3) is 0.500. The smallest absolute Gasteiger partial charge is 0.126 e. The number of rotatable bonds is 6. The van der Waals surface area contributed by atoms with Gasteiger partial charge in [0.25, 0.3) is 0 Å². The Labute approximate surface area is 90.4 Å². The van der Waals surface area contributed by atoms with Crippen molar-refractivity contribution in [1.82, 2.24) is 5.32 Å². The van der Waals surface area contributed by atoms with Crippen molar-refractivity contribution in [3.05, 3.63) is 35.1 Å². The van der Waals surface area contributed by atoms with Crippen LogP contribution in [0.2, 0.25) is 0 Å². The highest BCUT2D eigenvalue weighted by molar-refractivity contribution is 5.23. The monoisotopic (exact) mass is 211 g/mol. The van der Waals surface area contributed by atoms with Crippen LogP contribution < -0.4 is 5.32 Å². The molecule has 1 N–H and O–H groups in total. The van der Waals surface area contributed by atoms with Crippen molar-refractivity contribution in [3.63, 3.8) is 0 Å². The first-order valence-corrected chi connectivity index (χ1v) is 5.21. The second kappa shape index (κ2) is 6.53. The highest BCUT2D eigenvalue weighted by Crippen LogP contribution is 2.10. The minimum absolute atomic E-state index is 0.158. The van der Waals surface area contributed by atoms with Crippen molar-refractivity contribution in [2.75, 3.05) is 20.2 Å². The molecule has 1 aromatic rings. The molecule has 0 aliphatic rings. The first-order valence-electron chi connectivity index (χ1n) is 5.21. The summed E-state index contributed by atoms with van der Waals surface area (Å²) in [5.41, 5.74) is 1.70. The van der Waals surface area contributed by atoms with Crippen LogP contribution in [0.3, 0.4) is 0 Å². The highest BCUT2D eigenvalue weighted by atomic mass is 19.1. The molecule has 0 fully saturated rings. The van der Waals surface area contributed by atoms with Crippen LogP contribution in [0.25, 0.3) is 0 Å². The molecule has 0 unspecified atom stereocenters. The highest BCUT2D eigenvalue weighted by Gasteiger charge is 1.98. The predicted molar refractivity (Wildman–Crippen MR) is 59.3 cm³/mol. The molecule has 0 amide bonds. The molecule has 0 radical (unpaired) electrons. The molecule has 0 bridgehead atoms. The third-order valence-electron chi connectivity index (χ3n) is 2.21. The van der Waals surface area contributed by atoms with Gasteiger partial charge in [0.15, 0.2) is 0 Å². The lowest BCUT2D eigenvalue weighted by atomic mass is 10.1. The number of ether oxygens (including phenoxy) is 1. The van der Waals surface area contributed by atoms with E-state index in [4.69, 9.17) is 4.74 Å². The third-order valence-corrected chi connectivity index (χ3v) is 2.21. The summed E-state index contributed by atoms with van der Waals surface area (Å²) in [6.45, 7) is 4.02. The Hall–Kier alpha value is -0.930. The molecule has 84 valence electrons. The van der Waals surface area contributed by atoms with E-state index in [1.165, 1.54) is 6.07 Å². The Bertz CT molecular complexity index is 302. The average Bonchev–Trinajstić information content (AvgIpc) is 2.23. The normalized spacial score (nSPS) is 10.6. The van der Waals surface area contributed by atoms with Gasteiger partial charge in [-0.2, -0.15) is 0 Å². The lowest BCUT2D eigenvalue weighted by Crippen LogP contribution is -2.10. The molecule has 15 heavy (non-hydrogen) atoms. The van der Waals surface area contributed by atoms with E-state index < -0.39 is 0 Å². The minimum Gasteiger partial charge on any atom is -0.377 e. The third kappa shape index (κ3) is 4.40. The van der Waals surface area contributed by atoms with E-state index in [-0.39, 0.29) is 5.82 Å². The Morgan fingerprint density at radius 3 is 2.87 bits per heavy atom. The van der Waals surface area contributed by atoms with E-state index in [9.17, 15) is 4.39 Å². The van der Waals surface area contributed by atoms with E-state index in [0.717, 1.165) is 25.1 Å². The van der Waals surface area contributed by atoms with Gasteiger partial charge in [0.2, 0.25) is 0 Å². The number of aryl methyl sites for hydroxylation is 1. The van der Waals surface area contributed by atoms with Gasteiger partial charge in [-0.15, -0.1) is 0 Å². The quantitative estimate of drug-likeness (QED) is 0.729. The van der Waals surface area contributed by atoms with E-state index in [1.807, 2.05) is 13.1 Å². The maximum absolute atomic E-state index is 12.9. The summed E-state index contributed by atoms with van der Waals surface area (Å²) in [5, 5.41) is 3.05. The number of nitrogens with one attached hydrogen (secondary N) is 1. The average molecular weight is 211 g/mol. The van der Waals surface area contributed by atoms with Gasteiger partial charge in [-0.05, 0) is 44.1 Å². The molecule has 0 heterocycles. The topological polar surface area (TPSA) is 21.3 Å². The summed E-state index contributed by atoms with van der Waals surface area (Å²) in [6, 6.07) is 5.08. The summed E-state index contributed by atoms with van der Waals surface area (Å²) in [6.07, 6.45) is 0.997. The maximum atomic E-state index is 12.9. The molecule has 2 nitrogen and oxygen atoms in total. The van der Waals surface area contributed by atoms with Crippen molar-refractivity contribution in [3.8, 4) is 0 Å². The Morgan fingerprint density at radius 2 is 2.20 bits per heavy atom. The fourth-order valence-corrected chi connectivity index (χ4v) is 1.34. The number of halogens is 1. The molecule has 0 aromatic heterocycles. The van der Waals surface area contributed by atoms with Crippen molar-refractivity contribution in [2.24, 2.45) is 0 Å². The van der Waals surface area contributed by atoms with E-state index in [0.29, 0.717) is 12.2 Å². The standard InChI is InChI=1S/C12H18FNO/c1-10-8-11(4-5-12(10)13)9-15-7-3-6-14-2/h4-5,8,14H,3,6-7,9H2,1-2H3. The minimum atomic E-state index is -0.158. The van der Waals surface area contributed by atoms with Gasteiger partial charge in [0, 0.05) is 6.61 Å². The van der Waals surface area contributed by atoms with E-state index >= 15 is 0 Å². The molecule has 1 aromatic carbocycles. The largest absolute Gasteiger partial charge is 0.377 e. The summed E-state index contributed by atoms with van der Waals surface area (Å²) in [4.78, 5) is 0. The zero-order chi connectivity index (χ0) is 11.1. The van der Waals surface area contributed by atoms with Crippen LogP contribution in [0, 0.1) is 12.7 Å². The first-order chi connectivity index (χ1) is 7.24. The fourth-order valence-electron chi connectivity index (χ4n) is 1.34. The van der Waals surface area contributed by atoms with Gasteiger partial charge in [-0.1, -0.05) is 12.1 Å². The lowest BCUT2D eigenvalue weighted by Gasteiger charge is -2.05. The SMILES string of the molecule is CNCCCOCc1ccc(F)c(C)c1. The van der Waals surface area contributed by atoms with Gasteiger partial charge in [0.1, 0.15) is 5.82 Å². The first kappa shape index (κ1) is 12.1. The summed E-state index contributed by atoms with van der Waals surface area (Å²) in [5.74, 6) is -0.158. The molecule has 1 rings (SSSR count). The van der Waals surface area contributed by atoms with Crippen LogP contribution in [-0.2, 0) is 11.3 Å². The van der Waals surface area contributed by atoms with Crippen molar-refractivity contribution in [1.29, 1.82) is 0 Å². The molecule has 0 atom stereocenters. The second-order valence-electron chi connectivity index (χ2n) is 3.59. The van der Waals surface area contributed by atoms with Gasteiger partial charge in [-0.3, -0.25) is 0 Å². The van der Waals surface area contributed by atoms with Crippen molar-refractivity contribution >= 4 is 0 Å². The molecular formula is C12H18FNO. The summed E-state index contributed by atoms with van der Waals surface area (Å²) < 4.78 is 18.4. The maximum Gasteiger partial charge on any atom is 0.126 e. The van der Waals surface area contributed by atoms with Gasteiger partial charge in [0.05, 0.1) is 6.61 Å². The molecule has 0 aliphatic carbocycles. The molecular weight excluding hydrogens is 193 g/mol. The number of hydrogen-bond donors (Lipinski definition) is 1. The van der Waals surface area contributed by atoms with Gasteiger partial charge in [-0.25, -0.2) is 4.39 Å². The van der Waals surface area contributed by atoms with Gasteiger partial charge < -0.3 is 10.1 Å². The van der Waals surface area contributed by atoms with Crippen molar-refractivity contribution in [2.45, 2.75) is 20.0 Å². The van der Waals surface area contributed by atoms with Crippen LogP contribution >= 0.6 is 0 Å². The zero-order valence-electron chi connectivity index (χ0n) is 9.35. The molecule has 0 saturated heterocycles. The summed E-state index contributed by atoms with van der Waals surface area (Å²) >= 11 is 0. The van der Waals surface area contributed by atoms with E-state index in [2.05, 4.69) is 5.32 Å². The molecule has 0 saturated carbocycles.